The minimum Gasteiger partial charge on any atom is -0.345 e. The van der Waals surface area contributed by atoms with Crippen LogP contribution in [0.15, 0.2) is 24.3 Å². The molecule has 2 N–H and O–H groups in total. The van der Waals surface area contributed by atoms with Crippen LogP contribution in [-0.2, 0) is 9.59 Å². The van der Waals surface area contributed by atoms with E-state index in [0.717, 1.165) is 10.5 Å². The number of hydrogen-bond donors (Lipinski definition) is 2. The van der Waals surface area contributed by atoms with Gasteiger partial charge in [-0.3, -0.25) is 9.59 Å². The lowest BCUT2D eigenvalue weighted by Gasteiger charge is -2.21. The van der Waals surface area contributed by atoms with Gasteiger partial charge in [0.25, 0.3) is 11.8 Å². The summed E-state index contributed by atoms with van der Waals surface area (Å²) < 4.78 is 0. The quantitative estimate of drug-likeness (QED) is 0.739. The molecule has 23 heavy (non-hydrogen) atoms. The zero-order valence-corrected chi connectivity index (χ0v) is 15.1. The fourth-order valence-electron chi connectivity index (χ4n) is 2.41. The molecule has 0 aliphatic heterocycles. The Morgan fingerprint density at radius 1 is 1.17 bits per heavy atom. The van der Waals surface area contributed by atoms with Crippen molar-refractivity contribution in [1.82, 2.24) is 10.2 Å². The van der Waals surface area contributed by atoms with E-state index >= 15 is 0 Å². The molecule has 0 saturated carbocycles. The Morgan fingerprint density at radius 3 is 2.26 bits per heavy atom. The third kappa shape index (κ3) is 6.59. The van der Waals surface area contributed by atoms with Gasteiger partial charge in [-0.15, -0.1) is 0 Å². The summed E-state index contributed by atoms with van der Waals surface area (Å²) in [5.74, 6) is 0.00310. The Morgan fingerprint density at radius 2 is 1.74 bits per heavy atom. The molecule has 0 aromatic heterocycles. The lowest BCUT2D eigenvalue weighted by Crippen LogP contribution is -3.11. The Balaban J connectivity index is 2.46. The number of halogens is 1. The number of benzene rings is 1. The third-order valence-corrected chi connectivity index (χ3v) is 4.03. The van der Waals surface area contributed by atoms with Crippen LogP contribution in [0, 0.1) is 0 Å². The number of amides is 2. The third-order valence-electron chi connectivity index (χ3n) is 3.78. The number of carbonyl (C=O) groups excluding carboxylic acids is 2. The molecule has 0 heterocycles. The molecule has 0 radical (unpaired) electrons. The van der Waals surface area contributed by atoms with E-state index in [9.17, 15) is 9.59 Å². The molecule has 2 atom stereocenters. The van der Waals surface area contributed by atoms with Crippen molar-refractivity contribution < 1.29 is 14.5 Å². The summed E-state index contributed by atoms with van der Waals surface area (Å²) in [6.07, 6.45) is 0. The lowest BCUT2D eigenvalue weighted by atomic mass is 10.1. The molecule has 2 amide bonds. The van der Waals surface area contributed by atoms with Crippen LogP contribution in [0.3, 0.4) is 0 Å². The van der Waals surface area contributed by atoms with Gasteiger partial charge in [0.05, 0.1) is 13.1 Å². The molecule has 0 bridgehead atoms. The number of likely N-dealkylation sites (N-methyl/N-ethyl adjacent to an activating group) is 2. The van der Waals surface area contributed by atoms with E-state index in [1.54, 1.807) is 17.0 Å². The van der Waals surface area contributed by atoms with E-state index in [0.29, 0.717) is 24.7 Å². The number of quaternary nitrogens is 1. The van der Waals surface area contributed by atoms with E-state index in [1.165, 1.54) is 0 Å². The molecule has 0 aliphatic carbocycles. The van der Waals surface area contributed by atoms with Crippen molar-refractivity contribution in [1.29, 1.82) is 0 Å². The van der Waals surface area contributed by atoms with Crippen LogP contribution in [0.25, 0.3) is 0 Å². The molecule has 0 fully saturated rings. The van der Waals surface area contributed by atoms with Crippen molar-refractivity contribution in [2.75, 3.05) is 33.2 Å². The predicted molar refractivity (Wildman–Crippen MR) is 92.6 cm³/mol. The molecular weight excluding hydrogens is 314 g/mol. The van der Waals surface area contributed by atoms with Crippen LogP contribution < -0.4 is 10.2 Å². The standard InChI is InChI=1S/C17H26ClN3O2/c1-5-21(6-2)17(23)12-20(4)11-16(22)19-13(3)14-7-9-15(18)10-8-14/h7-10,13H,5-6,11-12H2,1-4H3,(H,19,22)/p+1/t13-/m0/s1. The topological polar surface area (TPSA) is 53.9 Å². The normalized spacial score (nSPS) is 13.3. The fraction of sp³-hybridized carbons (Fsp3) is 0.529. The summed E-state index contributed by atoms with van der Waals surface area (Å²) >= 11 is 5.86. The molecule has 0 aliphatic rings. The number of hydrogen-bond acceptors (Lipinski definition) is 2. The van der Waals surface area contributed by atoms with Crippen LogP contribution >= 0.6 is 11.6 Å². The van der Waals surface area contributed by atoms with Crippen molar-refractivity contribution in [2.24, 2.45) is 0 Å². The van der Waals surface area contributed by atoms with Crippen molar-refractivity contribution in [3.8, 4) is 0 Å². The minimum absolute atomic E-state index is 0.0719. The van der Waals surface area contributed by atoms with Gasteiger partial charge in [-0.05, 0) is 38.5 Å². The summed E-state index contributed by atoms with van der Waals surface area (Å²) in [6, 6.07) is 7.31. The fourth-order valence-corrected chi connectivity index (χ4v) is 2.54. The first-order valence-electron chi connectivity index (χ1n) is 8.01. The van der Waals surface area contributed by atoms with Gasteiger partial charge in [0.1, 0.15) is 0 Å². The highest BCUT2D eigenvalue weighted by Crippen LogP contribution is 2.15. The van der Waals surface area contributed by atoms with E-state index in [2.05, 4.69) is 5.32 Å². The second kappa shape index (κ2) is 9.53. The van der Waals surface area contributed by atoms with Gasteiger partial charge in [0.15, 0.2) is 13.1 Å². The van der Waals surface area contributed by atoms with Crippen LogP contribution in [0.4, 0.5) is 0 Å². The van der Waals surface area contributed by atoms with Crippen molar-refractivity contribution in [3.05, 3.63) is 34.9 Å². The van der Waals surface area contributed by atoms with E-state index in [-0.39, 0.29) is 24.4 Å². The maximum atomic E-state index is 12.1. The lowest BCUT2D eigenvalue weighted by molar-refractivity contribution is -0.863. The van der Waals surface area contributed by atoms with Crippen LogP contribution in [0.1, 0.15) is 32.4 Å². The highest BCUT2D eigenvalue weighted by Gasteiger charge is 2.18. The van der Waals surface area contributed by atoms with Crippen molar-refractivity contribution in [3.63, 3.8) is 0 Å². The number of nitrogens with one attached hydrogen (secondary N) is 2. The molecule has 128 valence electrons. The van der Waals surface area contributed by atoms with Gasteiger partial charge in [-0.1, -0.05) is 23.7 Å². The maximum Gasteiger partial charge on any atom is 0.277 e. The summed E-state index contributed by atoms with van der Waals surface area (Å²) in [7, 11) is 1.86. The molecule has 0 saturated heterocycles. The molecule has 6 heteroatoms. The molecule has 0 spiro atoms. The first-order chi connectivity index (χ1) is 10.9. The summed E-state index contributed by atoms with van der Waals surface area (Å²) in [6.45, 7) is 7.83. The Bertz CT molecular complexity index is 515. The first-order valence-corrected chi connectivity index (χ1v) is 8.39. The highest BCUT2D eigenvalue weighted by atomic mass is 35.5. The maximum absolute atomic E-state index is 12.1. The molecular formula is C17H27ClN3O2+. The highest BCUT2D eigenvalue weighted by molar-refractivity contribution is 6.30. The molecule has 1 unspecified atom stereocenters. The zero-order chi connectivity index (χ0) is 17.4. The molecule has 1 aromatic rings. The smallest absolute Gasteiger partial charge is 0.277 e. The molecule has 1 aromatic carbocycles. The van der Waals surface area contributed by atoms with Crippen molar-refractivity contribution >= 4 is 23.4 Å². The summed E-state index contributed by atoms with van der Waals surface area (Å²) in [5, 5.41) is 3.62. The van der Waals surface area contributed by atoms with Gasteiger partial charge in [-0.2, -0.15) is 0 Å². The Hall–Kier alpha value is -1.59. The molecule has 1 rings (SSSR count). The number of rotatable bonds is 8. The van der Waals surface area contributed by atoms with Gasteiger partial charge < -0.3 is 15.1 Å². The predicted octanol–water partition coefficient (Wildman–Crippen LogP) is 0.900. The second-order valence-corrected chi connectivity index (χ2v) is 6.15. The van der Waals surface area contributed by atoms with Crippen molar-refractivity contribution in [2.45, 2.75) is 26.8 Å². The number of nitrogens with zero attached hydrogens (tertiary/aromatic N) is 1. The largest absolute Gasteiger partial charge is 0.345 e. The van der Waals surface area contributed by atoms with E-state index in [4.69, 9.17) is 11.6 Å². The first kappa shape index (κ1) is 19.5. The number of carbonyl (C=O) groups is 2. The second-order valence-electron chi connectivity index (χ2n) is 5.72. The van der Waals surface area contributed by atoms with Crippen LogP contribution in [0.2, 0.25) is 5.02 Å². The van der Waals surface area contributed by atoms with Gasteiger partial charge in [0.2, 0.25) is 0 Å². The van der Waals surface area contributed by atoms with Crippen LogP contribution in [0.5, 0.6) is 0 Å². The Labute approximate surface area is 143 Å². The minimum atomic E-state index is -0.0916. The average molecular weight is 341 g/mol. The monoisotopic (exact) mass is 340 g/mol. The SMILES string of the molecule is CCN(CC)C(=O)C[NH+](C)CC(=O)N[C@@H](C)c1ccc(Cl)cc1. The van der Waals surface area contributed by atoms with Gasteiger partial charge >= 0.3 is 0 Å². The van der Waals surface area contributed by atoms with Crippen LogP contribution in [-0.4, -0.2) is 49.9 Å². The zero-order valence-electron chi connectivity index (χ0n) is 14.4. The van der Waals surface area contributed by atoms with E-state index < -0.39 is 0 Å². The molecule has 5 nitrogen and oxygen atoms in total. The summed E-state index contributed by atoms with van der Waals surface area (Å²) in [5.41, 5.74) is 1.000. The van der Waals surface area contributed by atoms with E-state index in [1.807, 2.05) is 40.0 Å². The van der Waals surface area contributed by atoms with Gasteiger partial charge in [-0.25, -0.2) is 0 Å². The average Bonchev–Trinajstić information content (AvgIpc) is 2.48. The Kier molecular flexibility index (Phi) is 8.06. The van der Waals surface area contributed by atoms with Gasteiger partial charge in [0, 0.05) is 18.1 Å². The summed E-state index contributed by atoms with van der Waals surface area (Å²) in [4.78, 5) is 26.8.